The van der Waals surface area contributed by atoms with Gasteiger partial charge in [-0.3, -0.25) is 0 Å². The van der Waals surface area contributed by atoms with Gasteiger partial charge in [-0.15, -0.1) is 6.67 Å². The smallest absolute Gasteiger partial charge is 0.443 e. The second kappa shape index (κ2) is 13.3. The zero-order chi connectivity index (χ0) is 28.6. The van der Waals surface area contributed by atoms with E-state index in [0.29, 0.717) is 22.6 Å². The van der Waals surface area contributed by atoms with Crippen LogP contribution >= 0.6 is 15.8 Å². The maximum Gasteiger partial charge on any atom is -0.443 e. The molecule has 0 atom stereocenters. The molecule has 0 radical (unpaired) electrons. The molecule has 38 heavy (non-hydrogen) atoms. The van der Waals surface area contributed by atoms with Gasteiger partial charge in [0.1, 0.15) is 10.9 Å². The quantitative estimate of drug-likeness (QED) is 0.142. The number of hydrogen-bond donors (Lipinski definition) is 1. The van der Waals surface area contributed by atoms with E-state index in [2.05, 4.69) is 138 Å². The van der Waals surface area contributed by atoms with Gasteiger partial charge in [0.05, 0.1) is 38.5 Å². The van der Waals surface area contributed by atoms with Gasteiger partial charge >= 0.3 is 17.1 Å². The molecule has 0 unspecified atom stereocenters. The molecular weight excluding hydrogens is 546 g/mol. The molecule has 0 fully saturated rings. The van der Waals surface area contributed by atoms with Crippen LogP contribution in [0.15, 0.2) is 57.7 Å². The second-order valence-electron chi connectivity index (χ2n) is 13.9. The summed E-state index contributed by atoms with van der Waals surface area (Å²) in [5, 5.41) is 0. The van der Waals surface area contributed by atoms with E-state index < -0.39 is 15.8 Å². The molecular formula is C31H56FeN4P2. The third-order valence-corrected chi connectivity index (χ3v) is 14.4. The Bertz CT molecular complexity index is 910. The van der Waals surface area contributed by atoms with Crippen LogP contribution in [0.1, 0.15) is 96.9 Å². The van der Waals surface area contributed by atoms with Crippen molar-refractivity contribution in [1.29, 1.82) is 5.53 Å². The molecule has 3 aliphatic rings. The van der Waals surface area contributed by atoms with Crippen molar-refractivity contribution in [1.82, 2.24) is 9.80 Å². The van der Waals surface area contributed by atoms with E-state index in [9.17, 15) is 0 Å². The van der Waals surface area contributed by atoms with Crippen molar-refractivity contribution in [3.63, 3.8) is 0 Å². The Morgan fingerprint density at radius 3 is 1.08 bits per heavy atom. The fourth-order valence-corrected chi connectivity index (χ4v) is 12.4. The maximum atomic E-state index is 6.25. The summed E-state index contributed by atoms with van der Waals surface area (Å²) < 4.78 is 0. The van der Waals surface area contributed by atoms with Gasteiger partial charge in [0.15, 0.2) is 0 Å². The van der Waals surface area contributed by atoms with E-state index >= 15 is 0 Å². The molecule has 0 spiro atoms. The third kappa shape index (κ3) is 7.32. The number of rotatable bonds is 6. The molecule has 0 aromatic heterocycles. The molecule has 0 aliphatic carbocycles. The van der Waals surface area contributed by atoms with Crippen LogP contribution in [0.3, 0.4) is 0 Å². The minimum atomic E-state index is -0.755. The first-order valence-corrected chi connectivity index (χ1v) is 17.3. The first-order chi connectivity index (χ1) is 16.9. The number of nitrogens with one attached hydrogen (secondary N) is 1. The Morgan fingerprint density at radius 2 is 0.868 bits per heavy atom. The summed E-state index contributed by atoms with van der Waals surface area (Å²) >= 11 is 0. The molecule has 218 valence electrons. The molecule has 3 rings (SSSR count). The topological polar surface area (TPSA) is 52.6 Å². The van der Waals surface area contributed by atoms with Crippen molar-refractivity contribution in [2.45, 2.75) is 120 Å². The summed E-state index contributed by atoms with van der Waals surface area (Å²) in [6, 6.07) is 0. The van der Waals surface area contributed by atoms with E-state index in [-0.39, 0.29) is 27.9 Å². The van der Waals surface area contributed by atoms with Gasteiger partial charge in [0, 0.05) is 11.4 Å². The molecule has 4 nitrogen and oxygen atoms in total. The summed E-state index contributed by atoms with van der Waals surface area (Å²) in [6.45, 7) is 36.1. The Morgan fingerprint density at radius 1 is 0.605 bits per heavy atom. The molecule has 0 saturated carbocycles. The number of fused-ring (bicyclic) bond motifs is 2. The fourth-order valence-electron chi connectivity index (χ4n) is 5.80. The van der Waals surface area contributed by atoms with Gasteiger partial charge in [-0.1, -0.05) is 41.5 Å². The average molecular weight is 603 g/mol. The summed E-state index contributed by atoms with van der Waals surface area (Å²) in [6.07, 6.45) is 10.1. The van der Waals surface area contributed by atoms with Gasteiger partial charge in [-0.2, -0.15) is 0 Å². The standard InChI is InChI=1S/C31H51N2P2.Fe.HN2.2H/c1-20(2)34(21(3)4)28-17-24(30(9,10)11)15-26-27-16-25(31(12,13)14)18-29(33(27)19-32(26)28)35(22(5)6)23(7)8;;1-2;;/h15-23H,1-14H3;;1H;;/q-1;;-1;;/p+2. The zero-order valence-electron chi connectivity index (χ0n) is 26.4. The van der Waals surface area contributed by atoms with Crippen molar-refractivity contribution >= 4 is 15.8 Å². The van der Waals surface area contributed by atoms with Crippen molar-refractivity contribution in [2.24, 2.45) is 10.8 Å². The molecule has 0 aromatic rings. The summed E-state index contributed by atoms with van der Waals surface area (Å²) in [5.74, 6) is 0. The third-order valence-electron chi connectivity index (χ3n) is 7.51. The number of nitrogens with zero attached hydrogens (tertiary/aromatic N) is 3. The van der Waals surface area contributed by atoms with Crippen LogP contribution in [0.25, 0.3) is 5.53 Å². The number of allylic oxidation sites excluding steroid dienone is 6. The van der Waals surface area contributed by atoms with Gasteiger partial charge in [0.25, 0.3) is 0 Å². The van der Waals surface area contributed by atoms with E-state index in [1.807, 2.05) is 0 Å². The largest absolute Gasteiger partial charge is 0.715 e. The SMILES string of the molecule is CC(C)[PH+](C1=CC(C(C)(C)C)=CC2=C3C=C(C(C)(C)C)C=C([PH+](C(C)C)C(C)C)N3[CH-]N12)C(C)C.[FeH2].[N-]=N. The van der Waals surface area contributed by atoms with Crippen LogP contribution < -0.4 is 0 Å². The van der Waals surface area contributed by atoms with Gasteiger partial charge in [-0.25, -0.2) is 0 Å². The first-order valence-electron chi connectivity index (χ1n) is 14.0. The Hall–Kier alpha value is -0.721. The van der Waals surface area contributed by atoms with Gasteiger partial charge < -0.3 is 20.9 Å². The molecule has 3 aliphatic heterocycles. The van der Waals surface area contributed by atoms with Crippen LogP contribution in [0.2, 0.25) is 0 Å². The molecule has 0 saturated heterocycles. The van der Waals surface area contributed by atoms with E-state index in [1.165, 1.54) is 22.5 Å². The Kier molecular flexibility index (Phi) is 12.4. The minimum Gasteiger partial charge on any atom is -0.715 e. The van der Waals surface area contributed by atoms with Crippen molar-refractivity contribution in [2.75, 3.05) is 0 Å². The summed E-state index contributed by atoms with van der Waals surface area (Å²) in [5.41, 5.74) is 22.8. The predicted molar refractivity (Wildman–Crippen MR) is 172 cm³/mol. The van der Waals surface area contributed by atoms with Crippen molar-refractivity contribution in [3.8, 4) is 0 Å². The van der Waals surface area contributed by atoms with Gasteiger partial charge in [0.2, 0.25) is 0 Å². The zero-order valence-corrected chi connectivity index (χ0v) is 29.7. The number of hydrogen-bond acceptors (Lipinski definition) is 3. The Balaban J connectivity index is 0.00000235. The minimum absolute atomic E-state index is 0. The monoisotopic (exact) mass is 602 g/mol. The van der Waals surface area contributed by atoms with Crippen LogP contribution in [0.5, 0.6) is 0 Å². The first kappa shape index (κ1) is 35.3. The van der Waals surface area contributed by atoms with Crippen molar-refractivity contribution < 1.29 is 17.1 Å². The average Bonchev–Trinajstić information content (AvgIpc) is 3.12. The molecule has 7 heteroatoms. The molecule has 0 bridgehead atoms. The summed E-state index contributed by atoms with van der Waals surface area (Å²) in [4.78, 5) is 5.18. The fraction of sp³-hybridized carbons (Fsp3) is 0.645. The van der Waals surface area contributed by atoms with Crippen LogP contribution in [-0.2, 0) is 17.1 Å². The van der Waals surface area contributed by atoms with Gasteiger partial charge in [-0.05, 0) is 102 Å². The normalized spacial score (nSPS) is 17.9. The molecule has 3 heterocycles. The van der Waals surface area contributed by atoms with Crippen molar-refractivity contribution in [3.05, 3.63) is 69.9 Å². The molecule has 0 aromatic carbocycles. The van der Waals surface area contributed by atoms with E-state index in [4.69, 9.17) is 11.1 Å². The predicted octanol–water partition coefficient (Wildman–Crippen LogP) is 9.70. The van der Waals surface area contributed by atoms with Crippen LogP contribution in [0, 0.1) is 23.0 Å². The molecule has 0 amide bonds. The maximum absolute atomic E-state index is 6.25. The van der Waals surface area contributed by atoms with Crippen LogP contribution in [-0.4, -0.2) is 32.4 Å². The van der Waals surface area contributed by atoms with E-state index in [0.717, 1.165) is 0 Å². The van der Waals surface area contributed by atoms with E-state index in [1.54, 1.807) is 10.9 Å². The Labute approximate surface area is 247 Å². The second-order valence-corrected chi connectivity index (χ2v) is 21.4. The molecule has 1 N–H and O–H groups in total. The van der Waals surface area contributed by atoms with Crippen LogP contribution in [0.4, 0.5) is 0 Å². The summed E-state index contributed by atoms with van der Waals surface area (Å²) in [7, 11) is -1.51.